The molecule has 112 valence electrons. The van der Waals surface area contributed by atoms with Gasteiger partial charge in [0.2, 0.25) is 0 Å². The zero-order chi connectivity index (χ0) is 15.8. The number of imidazole rings is 1. The summed E-state index contributed by atoms with van der Waals surface area (Å²) >= 11 is 0. The average molecular weight is 303 g/mol. The molecule has 1 unspecified atom stereocenters. The summed E-state index contributed by atoms with van der Waals surface area (Å²) in [5, 5.41) is 10.5. The molecule has 11 heteroatoms. The van der Waals surface area contributed by atoms with Gasteiger partial charge in [0, 0.05) is 0 Å². The Bertz CT molecular complexity index is 712. The lowest BCUT2D eigenvalue weighted by Crippen LogP contribution is -2.30. The molecule has 0 saturated carbocycles. The maximum atomic E-state index is 12.2. The van der Waals surface area contributed by atoms with Crippen molar-refractivity contribution in [1.29, 1.82) is 0 Å². The molecule has 0 aliphatic heterocycles. The van der Waals surface area contributed by atoms with Crippen LogP contribution in [0.1, 0.15) is 13.0 Å². The zero-order valence-corrected chi connectivity index (χ0v) is 10.4. The lowest BCUT2D eigenvalue weighted by molar-refractivity contribution is -0.167. The molecule has 2 rings (SSSR count). The highest BCUT2D eigenvalue weighted by molar-refractivity contribution is 5.99. The predicted octanol–water partition coefficient (Wildman–Crippen LogP) is 0.973. The Morgan fingerprint density at radius 1 is 1.33 bits per heavy atom. The van der Waals surface area contributed by atoms with E-state index >= 15 is 0 Å². The number of aromatic nitrogens is 4. The Hall–Kier alpha value is -2.72. The van der Waals surface area contributed by atoms with Crippen LogP contribution in [0.4, 0.5) is 19.0 Å². The smallest absolute Gasteiger partial charge is 0.471 e. The van der Waals surface area contributed by atoms with Crippen molar-refractivity contribution in [3.63, 3.8) is 0 Å². The van der Waals surface area contributed by atoms with Crippen LogP contribution in [0.3, 0.4) is 0 Å². The summed E-state index contributed by atoms with van der Waals surface area (Å²) in [5.74, 6) is -3.82. The summed E-state index contributed by atoms with van der Waals surface area (Å²) in [6.07, 6.45) is -3.07. The van der Waals surface area contributed by atoms with Gasteiger partial charge >= 0.3 is 18.1 Å². The molecule has 0 saturated heterocycles. The maximum absolute atomic E-state index is 12.2. The fourth-order valence-electron chi connectivity index (χ4n) is 1.52. The van der Waals surface area contributed by atoms with E-state index in [-0.39, 0.29) is 11.2 Å². The fourth-order valence-corrected chi connectivity index (χ4v) is 1.52. The maximum Gasteiger partial charge on any atom is 0.471 e. The van der Waals surface area contributed by atoms with Gasteiger partial charge in [-0.05, 0) is 6.92 Å². The number of nitrogens with one attached hydrogen (secondary N) is 1. The standard InChI is InChI=1S/C10H8F3N5O3/c1-4(8(19)20)18-3-16-5-6(14-2-15-7(5)18)17-9(21)10(11,12)13/h2-4H,1H3,(H,19,20)(H,14,15,17,21). The molecule has 2 N–H and O–H groups in total. The number of carboxylic acids is 1. The van der Waals surface area contributed by atoms with Crippen LogP contribution >= 0.6 is 0 Å². The topological polar surface area (TPSA) is 110 Å². The minimum Gasteiger partial charge on any atom is -0.480 e. The summed E-state index contributed by atoms with van der Waals surface area (Å²) in [4.78, 5) is 32.9. The molecule has 0 aromatic carbocycles. The second kappa shape index (κ2) is 5.00. The number of carbonyl (C=O) groups is 2. The number of carboxylic acid groups (broad SMARTS) is 1. The molecule has 21 heavy (non-hydrogen) atoms. The highest BCUT2D eigenvalue weighted by Gasteiger charge is 2.39. The number of alkyl halides is 3. The zero-order valence-electron chi connectivity index (χ0n) is 10.4. The summed E-state index contributed by atoms with van der Waals surface area (Å²) in [6, 6.07) is -1.03. The number of aliphatic carboxylic acids is 1. The molecular weight excluding hydrogens is 295 g/mol. The molecule has 2 heterocycles. The lowest BCUT2D eigenvalue weighted by atomic mass is 10.3. The van der Waals surface area contributed by atoms with Crippen LogP contribution in [-0.4, -0.2) is 42.7 Å². The van der Waals surface area contributed by atoms with Gasteiger partial charge in [0.25, 0.3) is 0 Å². The van der Waals surface area contributed by atoms with Crippen LogP contribution in [0.15, 0.2) is 12.7 Å². The Balaban J connectivity index is 2.44. The van der Waals surface area contributed by atoms with E-state index in [9.17, 15) is 22.8 Å². The molecule has 0 aliphatic rings. The Labute approximate surface area is 114 Å². The Morgan fingerprint density at radius 2 is 2.00 bits per heavy atom. The van der Waals surface area contributed by atoms with Crippen LogP contribution in [0, 0.1) is 0 Å². The van der Waals surface area contributed by atoms with E-state index in [1.165, 1.54) is 6.92 Å². The van der Waals surface area contributed by atoms with Crippen LogP contribution in [0.25, 0.3) is 11.2 Å². The van der Waals surface area contributed by atoms with Gasteiger partial charge in [0.05, 0.1) is 6.33 Å². The highest BCUT2D eigenvalue weighted by Crippen LogP contribution is 2.23. The molecule has 2 aromatic heterocycles. The first-order chi connectivity index (χ1) is 9.71. The minimum atomic E-state index is -5.08. The van der Waals surface area contributed by atoms with E-state index in [0.29, 0.717) is 0 Å². The first kappa shape index (κ1) is 14.7. The monoisotopic (exact) mass is 303 g/mol. The van der Waals surface area contributed by atoms with E-state index < -0.39 is 29.9 Å². The number of hydrogen-bond donors (Lipinski definition) is 2. The summed E-state index contributed by atoms with van der Waals surface area (Å²) in [5.41, 5.74) is -0.138. The van der Waals surface area contributed by atoms with Crippen molar-refractivity contribution in [3.05, 3.63) is 12.7 Å². The third-order valence-corrected chi connectivity index (χ3v) is 2.62. The number of rotatable bonds is 3. The van der Waals surface area contributed by atoms with E-state index in [4.69, 9.17) is 5.11 Å². The number of amides is 1. The van der Waals surface area contributed by atoms with Crippen molar-refractivity contribution in [1.82, 2.24) is 19.5 Å². The number of nitrogens with zero attached hydrogens (tertiary/aromatic N) is 4. The predicted molar refractivity (Wildman–Crippen MR) is 62.4 cm³/mol. The van der Waals surface area contributed by atoms with Gasteiger partial charge in [-0.1, -0.05) is 0 Å². The molecule has 1 amide bonds. The molecule has 0 spiro atoms. The van der Waals surface area contributed by atoms with E-state index in [2.05, 4.69) is 15.0 Å². The second-order valence-electron chi connectivity index (χ2n) is 4.01. The number of carbonyl (C=O) groups excluding carboxylic acids is 1. The average Bonchev–Trinajstić information content (AvgIpc) is 2.81. The van der Waals surface area contributed by atoms with E-state index in [1.54, 1.807) is 5.32 Å². The second-order valence-corrected chi connectivity index (χ2v) is 4.01. The SMILES string of the molecule is CC(C(=O)O)n1cnc2c(NC(=O)C(F)(F)F)ncnc21. The number of halogens is 3. The molecule has 0 fully saturated rings. The summed E-state index contributed by atoms with van der Waals surface area (Å²) in [7, 11) is 0. The largest absolute Gasteiger partial charge is 0.480 e. The van der Waals surface area contributed by atoms with Gasteiger partial charge in [-0.15, -0.1) is 0 Å². The van der Waals surface area contributed by atoms with Crippen molar-refractivity contribution in [2.45, 2.75) is 19.1 Å². The summed E-state index contributed by atoms with van der Waals surface area (Å²) in [6.45, 7) is 1.35. The number of anilines is 1. The van der Waals surface area contributed by atoms with Gasteiger partial charge in [0.15, 0.2) is 17.0 Å². The molecule has 2 aromatic rings. The van der Waals surface area contributed by atoms with Crippen LogP contribution < -0.4 is 5.32 Å². The van der Waals surface area contributed by atoms with Crippen molar-refractivity contribution in [3.8, 4) is 0 Å². The molecule has 0 radical (unpaired) electrons. The lowest BCUT2D eigenvalue weighted by Gasteiger charge is -2.09. The third kappa shape index (κ3) is 2.75. The molecule has 1 atom stereocenters. The number of hydrogen-bond acceptors (Lipinski definition) is 5. The van der Waals surface area contributed by atoms with Gasteiger partial charge in [-0.2, -0.15) is 13.2 Å². The van der Waals surface area contributed by atoms with Gasteiger partial charge in [-0.3, -0.25) is 4.79 Å². The molecule has 8 nitrogen and oxygen atoms in total. The van der Waals surface area contributed by atoms with Crippen molar-refractivity contribution in [2.24, 2.45) is 0 Å². The molecule has 0 aliphatic carbocycles. The van der Waals surface area contributed by atoms with Crippen molar-refractivity contribution >= 4 is 28.9 Å². The van der Waals surface area contributed by atoms with Gasteiger partial charge in [0.1, 0.15) is 12.4 Å². The highest BCUT2D eigenvalue weighted by atomic mass is 19.4. The summed E-state index contributed by atoms with van der Waals surface area (Å²) < 4.78 is 37.8. The fraction of sp³-hybridized carbons (Fsp3) is 0.300. The Morgan fingerprint density at radius 3 is 2.57 bits per heavy atom. The van der Waals surface area contributed by atoms with Crippen molar-refractivity contribution < 1.29 is 27.9 Å². The van der Waals surface area contributed by atoms with E-state index in [0.717, 1.165) is 17.2 Å². The minimum absolute atomic E-state index is 0.00243. The van der Waals surface area contributed by atoms with Crippen LogP contribution in [0.2, 0.25) is 0 Å². The quantitative estimate of drug-likeness (QED) is 0.874. The number of fused-ring (bicyclic) bond motifs is 1. The van der Waals surface area contributed by atoms with E-state index in [1.807, 2.05) is 0 Å². The Kier molecular flexibility index (Phi) is 3.49. The van der Waals surface area contributed by atoms with Crippen LogP contribution in [-0.2, 0) is 9.59 Å². The first-order valence-electron chi connectivity index (χ1n) is 5.50. The molecular formula is C10H8F3N5O3. The van der Waals surface area contributed by atoms with Crippen molar-refractivity contribution in [2.75, 3.05) is 5.32 Å². The molecule has 0 bridgehead atoms. The normalized spacial score (nSPS) is 13.1. The van der Waals surface area contributed by atoms with Gasteiger partial charge < -0.3 is 15.0 Å². The third-order valence-electron chi connectivity index (χ3n) is 2.62. The van der Waals surface area contributed by atoms with Crippen LogP contribution in [0.5, 0.6) is 0 Å². The van der Waals surface area contributed by atoms with Gasteiger partial charge in [-0.25, -0.2) is 19.7 Å². The first-order valence-corrected chi connectivity index (χ1v) is 5.50.